The fourth-order valence-electron chi connectivity index (χ4n) is 3.75. The summed E-state index contributed by atoms with van der Waals surface area (Å²) in [6.07, 6.45) is -1.06. The van der Waals surface area contributed by atoms with E-state index in [0.29, 0.717) is 11.1 Å². The van der Waals surface area contributed by atoms with Crippen LogP contribution in [0.4, 0.5) is 18.0 Å². The summed E-state index contributed by atoms with van der Waals surface area (Å²) in [5, 5.41) is 9.68. The van der Waals surface area contributed by atoms with Crippen molar-refractivity contribution >= 4 is 47.0 Å². The second kappa shape index (κ2) is 9.07. The van der Waals surface area contributed by atoms with Gasteiger partial charge in [0.15, 0.2) is 5.17 Å². The van der Waals surface area contributed by atoms with Gasteiger partial charge in [0.25, 0.3) is 0 Å². The first-order valence-electron chi connectivity index (χ1n) is 9.92. The summed E-state index contributed by atoms with van der Waals surface area (Å²) in [5.74, 6) is -1.24. The van der Waals surface area contributed by atoms with Crippen molar-refractivity contribution in [3.05, 3.63) is 34.1 Å². The molecule has 0 spiro atoms. The molecule has 3 rings (SSSR count). The minimum Gasteiger partial charge on any atom is -0.465 e. The number of carbonyl (C=O) groups is 1. The summed E-state index contributed by atoms with van der Waals surface area (Å²) >= 11 is 4.25. The smallest absolute Gasteiger partial charge is 0.415 e. The lowest BCUT2D eigenvalue weighted by Gasteiger charge is -2.37. The summed E-state index contributed by atoms with van der Waals surface area (Å²) in [5.41, 5.74) is -1.69. The van der Waals surface area contributed by atoms with Crippen LogP contribution in [0.25, 0.3) is 0 Å². The number of hydrogen-bond acceptors (Lipinski definition) is 4. The first-order valence-corrected chi connectivity index (χ1v) is 15.2. The van der Waals surface area contributed by atoms with Crippen LogP contribution >= 0.6 is 27.7 Å². The van der Waals surface area contributed by atoms with Crippen LogP contribution in [0.1, 0.15) is 12.0 Å². The third-order valence-corrected chi connectivity index (χ3v) is 9.35. The number of aliphatic imine (C=N–C) groups is 1. The van der Waals surface area contributed by atoms with Crippen molar-refractivity contribution in [1.82, 2.24) is 4.90 Å². The fourth-order valence-corrected chi connectivity index (χ4v) is 6.32. The summed E-state index contributed by atoms with van der Waals surface area (Å²) in [6, 6.07) is 4.96. The maximum atomic E-state index is 14.7. The van der Waals surface area contributed by atoms with Gasteiger partial charge in [0.1, 0.15) is 31.4 Å². The minimum atomic E-state index is -1.69. The van der Waals surface area contributed by atoms with Crippen molar-refractivity contribution < 1.29 is 27.8 Å². The Morgan fingerprint density at radius 1 is 1.39 bits per heavy atom. The standard InChI is InChI=1S/C20H26BrF3N2O3SSi/c1-31(2,3)7-6-29-12-26(18(27)28)17-25-20(11-23,16-9-19(16,10-22)30-17)14-8-13(21)4-5-15(14)24/h4-5,8,16H,6-7,9-12H2,1-3H3,(H,27,28)/t16-,19-,20-/m1/s1. The van der Waals surface area contributed by atoms with Crippen LogP contribution in [-0.2, 0) is 10.3 Å². The molecule has 3 atom stereocenters. The van der Waals surface area contributed by atoms with Crippen molar-refractivity contribution in [3.63, 3.8) is 0 Å². The Bertz CT molecular complexity index is 888. The Hall–Kier alpha value is -1.04. The summed E-state index contributed by atoms with van der Waals surface area (Å²) < 4.78 is 48.5. The predicted octanol–water partition coefficient (Wildman–Crippen LogP) is 5.88. The normalized spacial score (nSPS) is 27.5. The molecular weight excluding hydrogens is 513 g/mol. The van der Waals surface area contributed by atoms with Gasteiger partial charge in [0.2, 0.25) is 0 Å². The van der Waals surface area contributed by atoms with Gasteiger partial charge in [-0.2, -0.15) is 0 Å². The van der Waals surface area contributed by atoms with E-state index < -0.39 is 49.5 Å². The van der Waals surface area contributed by atoms with Gasteiger partial charge in [-0.05, 0) is 30.7 Å². The van der Waals surface area contributed by atoms with Gasteiger partial charge in [-0.25, -0.2) is 27.9 Å². The van der Waals surface area contributed by atoms with E-state index >= 15 is 0 Å². The second-order valence-electron chi connectivity index (χ2n) is 9.19. The number of halogens is 4. The molecule has 1 aliphatic heterocycles. The fraction of sp³-hybridized carbons (Fsp3) is 0.600. The van der Waals surface area contributed by atoms with E-state index in [9.17, 15) is 23.1 Å². The van der Waals surface area contributed by atoms with Crippen LogP contribution in [0.3, 0.4) is 0 Å². The highest BCUT2D eigenvalue weighted by molar-refractivity contribution is 9.10. The van der Waals surface area contributed by atoms with Gasteiger partial charge in [0.05, 0.1) is 4.75 Å². The van der Waals surface area contributed by atoms with Crippen LogP contribution in [0.5, 0.6) is 0 Å². The molecule has 0 saturated heterocycles. The maximum absolute atomic E-state index is 14.7. The van der Waals surface area contributed by atoms with Crippen LogP contribution < -0.4 is 0 Å². The molecule has 0 bridgehead atoms. The van der Waals surface area contributed by atoms with E-state index in [1.807, 2.05) is 0 Å². The van der Waals surface area contributed by atoms with Crippen molar-refractivity contribution in [3.8, 4) is 0 Å². The Labute approximate surface area is 193 Å². The topological polar surface area (TPSA) is 62.1 Å². The van der Waals surface area contributed by atoms with Gasteiger partial charge in [-0.15, -0.1) is 0 Å². The molecular formula is C20H26BrF3N2O3SSi. The molecule has 0 aromatic heterocycles. The van der Waals surface area contributed by atoms with Crippen LogP contribution in [0, 0.1) is 11.7 Å². The van der Waals surface area contributed by atoms with Crippen LogP contribution in [0.2, 0.25) is 25.7 Å². The number of nitrogens with zero attached hydrogens (tertiary/aromatic N) is 2. The maximum Gasteiger partial charge on any atom is 0.415 e. The number of rotatable bonds is 8. The first-order chi connectivity index (χ1) is 14.5. The van der Waals surface area contributed by atoms with Gasteiger partial charge in [-0.3, -0.25) is 0 Å². The molecule has 2 aliphatic rings. The highest BCUT2D eigenvalue weighted by atomic mass is 79.9. The van der Waals surface area contributed by atoms with Crippen molar-refractivity contribution in [2.45, 2.75) is 42.4 Å². The van der Waals surface area contributed by atoms with E-state index in [2.05, 4.69) is 40.6 Å². The predicted molar refractivity (Wildman–Crippen MR) is 122 cm³/mol. The number of alkyl halides is 2. The second-order valence-corrected chi connectivity index (χ2v) is 17.1. The number of carboxylic acid groups (broad SMARTS) is 1. The molecule has 5 nitrogen and oxygen atoms in total. The number of benzene rings is 1. The monoisotopic (exact) mass is 538 g/mol. The van der Waals surface area contributed by atoms with Gasteiger partial charge in [0, 0.05) is 30.6 Å². The lowest BCUT2D eigenvalue weighted by Crippen LogP contribution is -2.45. The molecule has 1 N–H and O–H groups in total. The summed E-state index contributed by atoms with van der Waals surface area (Å²) in [7, 11) is -1.37. The Morgan fingerprint density at radius 2 is 2.10 bits per heavy atom. The van der Waals surface area contributed by atoms with Gasteiger partial charge < -0.3 is 9.84 Å². The molecule has 0 radical (unpaired) electrons. The lowest BCUT2D eigenvalue weighted by atomic mass is 9.85. The molecule has 172 valence electrons. The number of amides is 1. The molecule has 1 fully saturated rings. The van der Waals surface area contributed by atoms with E-state index in [4.69, 9.17) is 4.74 Å². The van der Waals surface area contributed by atoms with Gasteiger partial charge >= 0.3 is 6.09 Å². The molecule has 1 aliphatic carbocycles. The zero-order valence-electron chi connectivity index (χ0n) is 17.6. The van der Waals surface area contributed by atoms with Crippen molar-refractivity contribution in [2.24, 2.45) is 10.9 Å². The zero-order chi connectivity index (χ0) is 23.0. The molecule has 0 unspecified atom stereocenters. The number of ether oxygens (including phenoxy) is 1. The molecule has 1 aromatic rings. The SMILES string of the molecule is C[Si](C)(C)CCOCN(C(=O)O)C1=N[C@](CF)(c2cc(Br)ccc2F)[C@@H]2C[C@]2(CF)S1. The van der Waals surface area contributed by atoms with Crippen molar-refractivity contribution in [1.29, 1.82) is 0 Å². The molecule has 31 heavy (non-hydrogen) atoms. The number of fused-ring (bicyclic) bond motifs is 1. The first kappa shape index (κ1) is 24.6. The average Bonchev–Trinajstić information content (AvgIpc) is 3.43. The minimum absolute atomic E-state index is 0.00695. The third-order valence-electron chi connectivity index (χ3n) is 5.69. The highest BCUT2D eigenvalue weighted by Crippen LogP contribution is 2.67. The van der Waals surface area contributed by atoms with Crippen molar-refractivity contribution in [2.75, 3.05) is 26.7 Å². The third kappa shape index (κ3) is 4.99. The molecule has 1 amide bonds. The van der Waals surface area contributed by atoms with E-state index in [-0.39, 0.29) is 23.9 Å². The molecule has 1 aromatic carbocycles. The Morgan fingerprint density at radius 3 is 2.68 bits per heavy atom. The number of thioether (sulfide) groups is 1. The van der Waals surface area contributed by atoms with E-state index in [1.165, 1.54) is 18.2 Å². The average molecular weight is 539 g/mol. The van der Waals surface area contributed by atoms with E-state index in [0.717, 1.165) is 22.7 Å². The zero-order valence-corrected chi connectivity index (χ0v) is 21.0. The largest absolute Gasteiger partial charge is 0.465 e. The quantitative estimate of drug-likeness (QED) is 0.255. The lowest BCUT2D eigenvalue weighted by molar-refractivity contribution is 0.0699. The van der Waals surface area contributed by atoms with Crippen LogP contribution in [-0.4, -0.2) is 60.8 Å². The number of amidine groups is 1. The number of hydrogen-bond donors (Lipinski definition) is 1. The van der Waals surface area contributed by atoms with Gasteiger partial charge in [-0.1, -0.05) is 47.3 Å². The summed E-state index contributed by atoms with van der Waals surface area (Å²) in [4.78, 5) is 17.2. The highest BCUT2D eigenvalue weighted by Gasteiger charge is 2.69. The van der Waals surface area contributed by atoms with E-state index in [1.54, 1.807) is 0 Å². The molecule has 1 heterocycles. The molecule has 11 heteroatoms. The van der Waals surface area contributed by atoms with Crippen LogP contribution in [0.15, 0.2) is 27.7 Å². The molecule has 1 saturated carbocycles. The summed E-state index contributed by atoms with van der Waals surface area (Å²) in [6.45, 7) is 4.74. The Kier molecular flexibility index (Phi) is 7.20. The Balaban J connectivity index is 1.97.